The van der Waals surface area contributed by atoms with Crippen LogP contribution in [0.25, 0.3) is 5.65 Å². The van der Waals surface area contributed by atoms with Gasteiger partial charge in [0, 0.05) is 28.1 Å². The van der Waals surface area contributed by atoms with Crippen LogP contribution in [0.4, 0.5) is 17.2 Å². The van der Waals surface area contributed by atoms with E-state index >= 15 is 0 Å². The maximum Gasteiger partial charge on any atom is 0.268 e. The Morgan fingerprint density at radius 3 is 2.69 bits per heavy atom. The minimum absolute atomic E-state index is 0.234. The van der Waals surface area contributed by atoms with Crippen LogP contribution in [-0.4, -0.2) is 15.6 Å². The minimum Gasteiger partial charge on any atom is -0.339 e. The molecule has 0 amide bonds. The number of pyridine rings is 1. The topological polar surface area (TPSA) is 58.8 Å². The number of nitrogens with zero attached hydrogens (tertiary/aromatic N) is 3. The Labute approximate surface area is 177 Å². The van der Waals surface area contributed by atoms with Gasteiger partial charge >= 0.3 is 0 Å². The molecular weight excluding hydrogens is 407 g/mol. The van der Waals surface area contributed by atoms with Gasteiger partial charge in [0.15, 0.2) is 0 Å². The van der Waals surface area contributed by atoms with E-state index in [1.807, 2.05) is 31.2 Å². The maximum atomic E-state index is 13.1. The van der Waals surface area contributed by atoms with Crippen molar-refractivity contribution in [2.45, 2.75) is 6.92 Å². The molecule has 0 spiro atoms. The fourth-order valence-electron chi connectivity index (χ4n) is 2.96. The molecule has 0 unspecified atom stereocenters. The molecule has 0 aliphatic rings. The van der Waals surface area contributed by atoms with Crippen LogP contribution in [0.3, 0.4) is 0 Å². The second-order valence-electron chi connectivity index (χ2n) is 6.49. The summed E-state index contributed by atoms with van der Waals surface area (Å²) in [5.41, 5.74) is 2.98. The van der Waals surface area contributed by atoms with Crippen LogP contribution in [0.5, 0.6) is 0 Å². The molecule has 5 nitrogen and oxygen atoms in total. The lowest BCUT2D eigenvalue weighted by atomic mass is 10.2. The van der Waals surface area contributed by atoms with Gasteiger partial charge in [0.25, 0.3) is 5.56 Å². The summed E-state index contributed by atoms with van der Waals surface area (Å²) in [6, 6.07) is 18.0. The number of fused-ring (bicyclic) bond motifs is 1. The summed E-state index contributed by atoms with van der Waals surface area (Å²) < 4.78 is 1.48. The number of aromatic nitrogens is 2. The Bertz CT molecular complexity index is 1280. The van der Waals surface area contributed by atoms with Crippen molar-refractivity contribution >= 4 is 52.3 Å². The summed E-state index contributed by atoms with van der Waals surface area (Å²) in [5, 5.41) is 4.38. The highest BCUT2D eigenvalue weighted by atomic mass is 35.5. The first-order valence-corrected chi connectivity index (χ1v) is 9.60. The van der Waals surface area contributed by atoms with Crippen molar-refractivity contribution in [2.24, 2.45) is 4.99 Å². The molecule has 2 aromatic heterocycles. The number of nitrogens with one attached hydrogen (secondary N) is 1. The number of benzene rings is 2. The van der Waals surface area contributed by atoms with Crippen LogP contribution in [-0.2, 0) is 0 Å². The van der Waals surface area contributed by atoms with E-state index in [4.69, 9.17) is 23.2 Å². The summed E-state index contributed by atoms with van der Waals surface area (Å²) in [7, 11) is 0. The van der Waals surface area contributed by atoms with Crippen LogP contribution in [0.2, 0.25) is 10.0 Å². The summed E-state index contributed by atoms with van der Waals surface area (Å²) >= 11 is 12.2. The quantitative estimate of drug-likeness (QED) is 0.422. The van der Waals surface area contributed by atoms with Gasteiger partial charge in [0.2, 0.25) is 0 Å². The Morgan fingerprint density at radius 1 is 1.03 bits per heavy atom. The average molecular weight is 423 g/mol. The SMILES string of the molecule is Cc1cc(Cl)cc(Nc2nc3ccccn3c(=O)c2C=Nc2cccc(Cl)c2)c1. The Hall–Kier alpha value is -3.15. The normalized spacial score (nSPS) is 11.3. The molecule has 144 valence electrons. The van der Waals surface area contributed by atoms with Crippen molar-refractivity contribution < 1.29 is 0 Å². The van der Waals surface area contributed by atoms with Crippen molar-refractivity contribution in [3.05, 3.63) is 98.4 Å². The fourth-order valence-corrected chi connectivity index (χ4v) is 3.43. The third-order valence-electron chi connectivity index (χ3n) is 4.22. The molecule has 2 heterocycles. The van der Waals surface area contributed by atoms with Gasteiger partial charge in [0.1, 0.15) is 17.0 Å². The van der Waals surface area contributed by atoms with E-state index in [1.165, 1.54) is 10.6 Å². The van der Waals surface area contributed by atoms with Crippen molar-refractivity contribution in [2.75, 3.05) is 5.32 Å². The molecular formula is C22H16Cl2N4O. The van der Waals surface area contributed by atoms with Gasteiger partial charge in [-0.25, -0.2) is 4.98 Å². The van der Waals surface area contributed by atoms with Crippen molar-refractivity contribution in [1.82, 2.24) is 9.38 Å². The first kappa shape index (κ1) is 19.2. The molecule has 0 aliphatic carbocycles. The first-order chi connectivity index (χ1) is 14.0. The zero-order valence-electron chi connectivity index (χ0n) is 15.4. The average Bonchev–Trinajstić information content (AvgIpc) is 2.67. The summed E-state index contributed by atoms with van der Waals surface area (Å²) in [5.74, 6) is 0.397. The molecule has 0 fully saturated rings. The molecule has 7 heteroatoms. The van der Waals surface area contributed by atoms with Gasteiger partial charge in [-0.2, -0.15) is 0 Å². The van der Waals surface area contributed by atoms with E-state index in [-0.39, 0.29) is 5.56 Å². The number of rotatable bonds is 4. The monoisotopic (exact) mass is 422 g/mol. The van der Waals surface area contributed by atoms with Gasteiger partial charge in [-0.15, -0.1) is 0 Å². The summed E-state index contributed by atoms with van der Waals surface area (Å²) in [4.78, 5) is 22.1. The molecule has 0 bridgehead atoms. The van der Waals surface area contributed by atoms with Gasteiger partial charge in [0.05, 0.1) is 5.69 Å². The second-order valence-corrected chi connectivity index (χ2v) is 7.36. The smallest absolute Gasteiger partial charge is 0.268 e. The van der Waals surface area contributed by atoms with E-state index in [1.54, 1.807) is 42.6 Å². The van der Waals surface area contributed by atoms with Gasteiger partial charge < -0.3 is 5.32 Å². The predicted molar refractivity (Wildman–Crippen MR) is 120 cm³/mol. The first-order valence-electron chi connectivity index (χ1n) is 8.85. The van der Waals surface area contributed by atoms with Gasteiger partial charge in [-0.1, -0.05) is 35.3 Å². The molecule has 0 atom stereocenters. The lowest BCUT2D eigenvalue weighted by molar-refractivity contribution is 1.04. The molecule has 0 aliphatic heterocycles. The number of anilines is 2. The highest BCUT2D eigenvalue weighted by molar-refractivity contribution is 6.31. The molecule has 0 radical (unpaired) electrons. The molecule has 1 N–H and O–H groups in total. The van der Waals surface area contributed by atoms with Crippen LogP contribution < -0.4 is 10.9 Å². The van der Waals surface area contributed by atoms with E-state index in [0.29, 0.717) is 32.8 Å². The lowest BCUT2D eigenvalue weighted by Crippen LogP contribution is -2.21. The molecule has 4 rings (SSSR count). The molecule has 0 saturated heterocycles. The van der Waals surface area contributed by atoms with Crippen LogP contribution in [0.1, 0.15) is 11.1 Å². The molecule has 4 aromatic rings. The largest absolute Gasteiger partial charge is 0.339 e. The highest BCUT2D eigenvalue weighted by Crippen LogP contribution is 2.23. The predicted octanol–water partition coefficient (Wildman–Crippen LogP) is 5.80. The van der Waals surface area contributed by atoms with Crippen LogP contribution in [0, 0.1) is 6.92 Å². The lowest BCUT2D eigenvalue weighted by Gasteiger charge is -2.11. The summed E-state index contributed by atoms with van der Waals surface area (Å²) in [6.45, 7) is 1.95. The minimum atomic E-state index is -0.234. The third kappa shape index (κ3) is 4.31. The number of aliphatic imine (C=N–C) groups is 1. The van der Waals surface area contributed by atoms with Gasteiger partial charge in [-0.05, 0) is 61.0 Å². The second kappa shape index (κ2) is 8.07. The van der Waals surface area contributed by atoms with Crippen molar-refractivity contribution in [1.29, 1.82) is 0 Å². The van der Waals surface area contributed by atoms with Crippen LogP contribution >= 0.6 is 23.2 Å². The molecule has 29 heavy (non-hydrogen) atoms. The number of halogens is 2. The Kier molecular flexibility index (Phi) is 5.34. The number of hydrogen-bond acceptors (Lipinski definition) is 4. The van der Waals surface area contributed by atoms with E-state index in [2.05, 4.69) is 15.3 Å². The zero-order valence-corrected chi connectivity index (χ0v) is 16.9. The highest BCUT2D eigenvalue weighted by Gasteiger charge is 2.12. The van der Waals surface area contributed by atoms with E-state index < -0.39 is 0 Å². The zero-order chi connectivity index (χ0) is 20.4. The fraction of sp³-hybridized carbons (Fsp3) is 0.0455. The number of aryl methyl sites for hydroxylation is 1. The third-order valence-corrected chi connectivity index (χ3v) is 4.68. The molecule has 0 saturated carbocycles. The molecule has 2 aromatic carbocycles. The standard InChI is InChI=1S/C22H16Cl2N4O/c1-14-9-16(24)12-18(10-14)26-21-19(13-25-17-6-4-5-15(23)11-17)22(29)28-8-3-2-7-20(28)27-21/h2-13,26H,1H3. The van der Waals surface area contributed by atoms with E-state index in [0.717, 1.165) is 11.3 Å². The van der Waals surface area contributed by atoms with Crippen molar-refractivity contribution in [3.8, 4) is 0 Å². The summed E-state index contributed by atoms with van der Waals surface area (Å²) in [6.07, 6.45) is 3.18. The van der Waals surface area contributed by atoms with Gasteiger partial charge in [-0.3, -0.25) is 14.2 Å². The van der Waals surface area contributed by atoms with E-state index in [9.17, 15) is 4.79 Å². The Morgan fingerprint density at radius 2 is 1.90 bits per heavy atom. The van der Waals surface area contributed by atoms with Crippen LogP contribution in [0.15, 0.2) is 76.6 Å². The Balaban J connectivity index is 1.85. The maximum absolute atomic E-state index is 13.1. The van der Waals surface area contributed by atoms with Crippen molar-refractivity contribution in [3.63, 3.8) is 0 Å². The number of hydrogen-bond donors (Lipinski definition) is 1.